The summed E-state index contributed by atoms with van der Waals surface area (Å²) >= 11 is 0. The van der Waals surface area contributed by atoms with Gasteiger partial charge in [0.1, 0.15) is 6.29 Å². The smallest absolute Gasteiger partial charge is 0.337 e. The SMILES string of the molecule is CCCCCC(C/C=C/C=O)c1ccc(C(=O)OC)cc1. The number of rotatable bonds is 9. The minimum Gasteiger partial charge on any atom is -0.465 e. The average molecular weight is 288 g/mol. The molecule has 1 aromatic carbocycles. The van der Waals surface area contributed by atoms with Crippen LogP contribution in [0, 0.1) is 0 Å². The normalized spacial score (nSPS) is 12.3. The van der Waals surface area contributed by atoms with E-state index in [1.807, 2.05) is 18.2 Å². The zero-order chi connectivity index (χ0) is 15.5. The molecule has 0 aliphatic rings. The maximum atomic E-state index is 11.4. The highest BCUT2D eigenvalue weighted by molar-refractivity contribution is 5.89. The van der Waals surface area contributed by atoms with Gasteiger partial charge in [0.2, 0.25) is 0 Å². The van der Waals surface area contributed by atoms with Crippen LogP contribution in [-0.2, 0) is 9.53 Å². The van der Waals surface area contributed by atoms with Gasteiger partial charge in [-0.2, -0.15) is 0 Å². The second-order valence-electron chi connectivity index (χ2n) is 5.11. The second kappa shape index (κ2) is 9.92. The lowest BCUT2D eigenvalue weighted by molar-refractivity contribution is -0.104. The van der Waals surface area contributed by atoms with Crippen LogP contribution in [0.1, 0.15) is 60.9 Å². The molecule has 1 aromatic rings. The van der Waals surface area contributed by atoms with E-state index >= 15 is 0 Å². The van der Waals surface area contributed by atoms with E-state index in [4.69, 9.17) is 4.74 Å². The number of hydrogen-bond acceptors (Lipinski definition) is 3. The van der Waals surface area contributed by atoms with Crippen molar-refractivity contribution in [1.82, 2.24) is 0 Å². The molecule has 0 radical (unpaired) electrons. The molecule has 0 aliphatic heterocycles. The van der Waals surface area contributed by atoms with E-state index in [0.717, 1.165) is 19.1 Å². The van der Waals surface area contributed by atoms with Crippen molar-refractivity contribution in [2.75, 3.05) is 7.11 Å². The molecular weight excluding hydrogens is 264 g/mol. The third kappa shape index (κ3) is 5.94. The van der Waals surface area contributed by atoms with Gasteiger partial charge in [0.25, 0.3) is 0 Å². The van der Waals surface area contributed by atoms with Crippen molar-refractivity contribution in [2.45, 2.75) is 44.9 Å². The van der Waals surface area contributed by atoms with Gasteiger partial charge in [-0.25, -0.2) is 4.79 Å². The summed E-state index contributed by atoms with van der Waals surface area (Å²) in [5.41, 5.74) is 1.77. The Morgan fingerprint density at radius 3 is 2.52 bits per heavy atom. The molecule has 0 heterocycles. The first kappa shape index (κ1) is 17.2. The summed E-state index contributed by atoms with van der Waals surface area (Å²) in [5, 5.41) is 0. The van der Waals surface area contributed by atoms with Crippen molar-refractivity contribution in [3.05, 3.63) is 47.5 Å². The highest BCUT2D eigenvalue weighted by atomic mass is 16.5. The van der Waals surface area contributed by atoms with E-state index in [-0.39, 0.29) is 5.97 Å². The van der Waals surface area contributed by atoms with Crippen molar-refractivity contribution in [3.8, 4) is 0 Å². The number of aldehydes is 1. The highest BCUT2D eigenvalue weighted by Crippen LogP contribution is 2.27. The zero-order valence-corrected chi connectivity index (χ0v) is 12.9. The zero-order valence-electron chi connectivity index (χ0n) is 12.9. The number of ether oxygens (including phenoxy) is 1. The molecule has 0 bridgehead atoms. The summed E-state index contributed by atoms with van der Waals surface area (Å²) in [4.78, 5) is 21.8. The molecule has 0 spiro atoms. The van der Waals surface area contributed by atoms with Crippen LogP contribution in [0.2, 0.25) is 0 Å². The average Bonchev–Trinajstić information content (AvgIpc) is 2.53. The van der Waals surface area contributed by atoms with Gasteiger partial charge in [0.05, 0.1) is 12.7 Å². The first-order valence-corrected chi connectivity index (χ1v) is 7.51. The number of esters is 1. The molecule has 1 atom stereocenters. The van der Waals surface area contributed by atoms with Crippen LogP contribution < -0.4 is 0 Å². The molecule has 3 heteroatoms. The predicted octanol–water partition coefficient (Wildman–Crippen LogP) is 4.28. The van der Waals surface area contributed by atoms with Gasteiger partial charge in [0.15, 0.2) is 0 Å². The fourth-order valence-electron chi connectivity index (χ4n) is 2.37. The predicted molar refractivity (Wildman–Crippen MR) is 84.5 cm³/mol. The van der Waals surface area contributed by atoms with E-state index in [0.29, 0.717) is 11.5 Å². The molecular formula is C18H24O3. The number of carbonyl (C=O) groups excluding carboxylic acids is 2. The molecule has 0 N–H and O–H groups in total. The van der Waals surface area contributed by atoms with E-state index in [1.165, 1.54) is 31.9 Å². The van der Waals surface area contributed by atoms with Crippen LogP contribution in [0.5, 0.6) is 0 Å². The van der Waals surface area contributed by atoms with Gasteiger partial charge < -0.3 is 4.74 Å². The monoisotopic (exact) mass is 288 g/mol. The Kier molecular flexibility index (Phi) is 8.10. The molecule has 21 heavy (non-hydrogen) atoms. The maximum absolute atomic E-state index is 11.4. The van der Waals surface area contributed by atoms with Crippen LogP contribution in [0.15, 0.2) is 36.4 Å². The Balaban J connectivity index is 2.77. The molecule has 0 aromatic heterocycles. The van der Waals surface area contributed by atoms with Gasteiger partial charge in [0, 0.05) is 0 Å². The van der Waals surface area contributed by atoms with Crippen LogP contribution in [0.25, 0.3) is 0 Å². The molecule has 0 fully saturated rings. The van der Waals surface area contributed by atoms with Gasteiger partial charge in [-0.15, -0.1) is 0 Å². The Bertz CT molecular complexity index is 460. The van der Waals surface area contributed by atoms with Gasteiger partial charge in [-0.1, -0.05) is 44.4 Å². The molecule has 0 amide bonds. The summed E-state index contributed by atoms with van der Waals surface area (Å²) in [7, 11) is 1.38. The molecule has 0 saturated heterocycles. The lowest BCUT2D eigenvalue weighted by Gasteiger charge is -2.16. The number of unbranched alkanes of at least 4 members (excludes halogenated alkanes) is 2. The number of methoxy groups -OCH3 is 1. The van der Waals surface area contributed by atoms with Crippen molar-refractivity contribution in [3.63, 3.8) is 0 Å². The number of hydrogen-bond donors (Lipinski definition) is 0. The number of carbonyl (C=O) groups is 2. The first-order valence-electron chi connectivity index (χ1n) is 7.51. The summed E-state index contributed by atoms with van der Waals surface area (Å²) in [6.07, 6.45) is 9.80. The van der Waals surface area contributed by atoms with Crippen molar-refractivity contribution in [1.29, 1.82) is 0 Å². The fourth-order valence-corrected chi connectivity index (χ4v) is 2.37. The van der Waals surface area contributed by atoms with Crippen LogP contribution >= 0.6 is 0 Å². The molecule has 0 saturated carbocycles. The fraction of sp³-hybridized carbons (Fsp3) is 0.444. The Hall–Kier alpha value is -1.90. The molecule has 1 rings (SSSR count). The van der Waals surface area contributed by atoms with Crippen LogP contribution in [0.3, 0.4) is 0 Å². The van der Waals surface area contributed by atoms with E-state index in [9.17, 15) is 9.59 Å². The largest absolute Gasteiger partial charge is 0.465 e. The van der Waals surface area contributed by atoms with Crippen molar-refractivity contribution < 1.29 is 14.3 Å². The topological polar surface area (TPSA) is 43.4 Å². The summed E-state index contributed by atoms with van der Waals surface area (Å²) in [5.74, 6) is 0.0735. The third-order valence-corrected chi connectivity index (χ3v) is 3.59. The highest BCUT2D eigenvalue weighted by Gasteiger charge is 2.11. The van der Waals surface area contributed by atoms with E-state index in [1.54, 1.807) is 18.2 Å². The second-order valence-corrected chi connectivity index (χ2v) is 5.11. The Morgan fingerprint density at radius 1 is 1.24 bits per heavy atom. The summed E-state index contributed by atoms with van der Waals surface area (Å²) < 4.78 is 4.71. The van der Waals surface area contributed by atoms with Gasteiger partial charge in [-0.05, 0) is 42.5 Å². The van der Waals surface area contributed by atoms with E-state index < -0.39 is 0 Å². The van der Waals surface area contributed by atoms with Gasteiger partial charge >= 0.3 is 5.97 Å². The van der Waals surface area contributed by atoms with Crippen LogP contribution in [-0.4, -0.2) is 19.4 Å². The standard InChI is InChI=1S/C18H24O3/c1-3-4-5-8-15(9-6-7-14-19)16-10-12-17(13-11-16)18(20)21-2/h6-7,10-15H,3-5,8-9H2,1-2H3/b7-6+. The summed E-state index contributed by atoms with van der Waals surface area (Å²) in [6.45, 7) is 2.19. The Morgan fingerprint density at radius 2 is 1.95 bits per heavy atom. The molecule has 114 valence electrons. The maximum Gasteiger partial charge on any atom is 0.337 e. The third-order valence-electron chi connectivity index (χ3n) is 3.59. The van der Waals surface area contributed by atoms with Gasteiger partial charge in [-0.3, -0.25) is 4.79 Å². The van der Waals surface area contributed by atoms with E-state index in [2.05, 4.69) is 6.92 Å². The Labute approximate surface area is 127 Å². The number of allylic oxidation sites excluding steroid dienone is 2. The van der Waals surface area contributed by atoms with Crippen molar-refractivity contribution >= 4 is 12.3 Å². The van der Waals surface area contributed by atoms with Crippen LogP contribution in [0.4, 0.5) is 0 Å². The molecule has 0 aliphatic carbocycles. The lowest BCUT2D eigenvalue weighted by Crippen LogP contribution is -2.03. The molecule has 1 unspecified atom stereocenters. The molecule has 3 nitrogen and oxygen atoms in total. The van der Waals surface area contributed by atoms with Crippen molar-refractivity contribution in [2.24, 2.45) is 0 Å². The lowest BCUT2D eigenvalue weighted by atomic mass is 9.89. The first-order chi connectivity index (χ1) is 10.2. The minimum absolute atomic E-state index is 0.315. The minimum atomic E-state index is -0.315. The summed E-state index contributed by atoms with van der Waals surface area (Å²) in [6, 6.07) is 7.57. The number of benzene rings is 1. The quantitative estimate of drug-likeness (QED) is 0.295.